The molecular formula is C23H29N3O6. The maximum atomic E-state index is 12.5. The second-order valence-corrected chi connectivity index (χ2v) is 7.28. The Morgan fingerprint density at radius 1 is 0.938 bits per heavy atom. The van der Waals surface area contributed by atoms with Crippen molar-refractivity contribution in [1.82, 2.24) is 10.6 Å². The monoisotopic (exact) mass is 443 g/mol. The largest absolute Gasteiger partial charge is 0.493 e. The van der Waals surface area contributed by atoms with Crippen molar-refractivity contribution in [3.8, 4) is 23.0 Å². The minimum Gasteiger partial charge on any atom is -0.493 e. The van der Waals surface area contributed by atoms with Crippen LogP contribution < -0.4 is 34.5 Å². The van der Waals surface area contributed by atoms with Gasteiger partial charge in [-0.15, -0.1) is 0 Å². The van der Waals surface area contributed by atoms with Gasteiger partial charge in [-0.05, 0) is 36.2 Å². The predicted octanol–water partition coefficient (Wildman–Crippen LogP) is 2.37. The normalized spacial score (nSPS) is 15.3. The number of ether oxygens (including phenoxy) is 4. The van der Waals surface area contributed by atoms with Crippen molar-refractivity contribution in [2.45, 2.75) is 18.9 Å². The Kier molecular flexibility index (Phi) is 7.64. The van der Waals surface area contributed by atoms with Crippen LogP contribution in [0.4, 0.5) is 10.5 Å². The van der Waals surface area contributed by atoms with Crippen LogP contribution in [-0.2, 0) is 11.2 Å². The summed E-state index contributed by atoms with van der Waals surface area (Å²) in [6, 6.07) is 10.4. The summed E-state index contributed by atoms with van der Waals surface area (Å²) in [6.07, 6.45) is 0.868. The third kappa shape index (κ3) is 5.35. The molecule has 9 heteroatoms. The zero-order valence-corrected chi connectivity index (χ0v) is 18.8. The number of nitrogens with zero attached hydrogens (tertiary/aromatic N) is 1. The molecule has 0 spiro atoms. The Balaban J connectivity index is 1.50. The highest BCUT2D eigenvalue weighted by molar-refractivity contribution is 5.97. The molecule has 2 N–H and O–H groups in total. The van der Waals surface area contributed by atoms with Crippen LogP contribution in [-0.4, -0.2) is 59.5 Å². The van der Waals surface area contributed by atoms with Crippen LogP contribution in [0.5, 0.6) is 23.0 Å². The lowest BCUT2D eigenvalue weighted by molar-refractivity contribution is -0.117. The summed E-state index contributed by atoms with van der Waals surface area (Å²) in [4.78, 5) is 26.4. The molecule has 0 aromatic heterocycles. The van der Waals surface area contributed by atoms with Gasteiger partial charge in [-0.2, -0.15) is 0 Å². The number of nitrogens with one attached hydrogen (secondary N) is 2. The molecule has 3 rings (SSSR count). The zero-order chi connectivity index (χ0) is 23.1. The smallest absolute Gasteiger partial charge is 0.315 e. The molecule has 1 atom stereocenters. The van der Waals surface area contributed by atoms with Crippen molar-refractivity contribution < 1.29 is 28.5 Å². The number of hydrogen-bond donors (Lipinski definition) is 2. The van der Waals surface area contributed by atoms with E-state index in [0.29, 0.717) is 48.2 Å². The van der Waals surface area contributed by atoms with Crippen molar-refractivity contribution in [1.29, 1.82) is 0 Å². The molecule has 1 unspecified atom stereocenters. The van der Waals surface area contributed by atoms with E-state index in [-0.39, 0.29) is 24.4 Å². The molecular weight excluding hydrogens is 414 g/mol. The van der Waals surface area contributed by atoms with Crippen LogP contribution in [0.2, 0.25) is 0 Å². The molecule has 1 heterocycles. The number of methoxy groups -OCH3 is 4. The molecule has 32 heavy (non-hydrogen) atoms. The van der Waals surface area contributed by atoms with Gasteiger partial charge in [-0.1, -0.05) is 6.07 Å². The van der Waals surface area contributed by atoms with E-state index in [9.17, 15) is 9.59 Å². The summed E-state index contributed by atoms with van der Waals surface area (Å²) in [5.74, 6) is 2.38. The highest BCUT2D eigenvalue weighted by atomic mass is 16.5. The van der Waals surface area contributed by atoms with Crippen molar-refractivity contribution >= 4 is 17.6 Å². The standard InChI is InChI=1S/C23H29N3O6/c1-29-18-7-5-15(11-20(18)31-3)9-10-24-23(28)25-16-12-22(27)26(14-16)17-6-8-19(30-2)21(13-17)32-4/h5-8,11,13,16H,9-10,12,14H2,1-4H3,(H2,24,25,28). The van der Waals surface area contributed by atoms with E-state index in [4.69, 9.17) is 18.9 Å². The van der Waals surface area contributed by atoms with Gasteiger partial charge < -0.3 is 34.5 Å². The first-order valence-corrected chi connectivity index (χ1v) is 10.3. The van der Waals surface area contributed by atoms with Crippen molar-refractivity contribution in [3.63, 3.8) is 0 Å². The quantitative estimate of drug-likeness (QED) is 0.618. The number of anilines is 1. The van der Waals surface area contributed by atoms with Crippen LogP contribution in [0.1, 0.15) is 12.0 Å². The molecule has 0 radical (unpaired) electrons. The molecule has 0 bridgehead atoms. The number of rotatable bonds is 9. The minimum atomic E-state index is -0.308. The number of urea groups is 1. The van der Waals surface area contributed by atoms with Crippen molar-refractivity contribution in [2.75, 3.05) is 46.4 Å². The molecule has 1 fully saturated rings. The highest BCUT2D eigenvalue weighted by Gasteiger charge is 2.32. The van der Waals surface area contributed by atoms with E-state index in [1.54, 1.807) is 51.5 Å². The summed E-state index contributed by atoms with van der Waals surface area (Å²) in [7, 11) is 6.28. The van der Waals surface area contributed by atoms with E-state index in [1.165, 1.54) is 0 Å². The Bertz CT molecular complexity index is 965. The average Bonchev–Trinajstić information content (AvgIpc) is 3.17. The van der Waals surface area contributed by atoms with Gasteiger partial charge in [0, 0.05) is 31.3 Å². The second kappa shape index (κ2) is 10.6. The number of hydrogen-bond acceptors (Lipinski definition) is 6. The summed E-state index contributed by atoms with van der Waals surface area (Å²) < 4.78 is 21.1. The van der Waals surface area contributed by atoms with Gasteiger partial charge in [0.1, 0.15) is 0 Å². The van der Waals surface area contributed by atoms with E-state index < -0.39 is 0 Å². The van der Waals surface area contributed by atoms with Gasteiger partial charge in [-0.25, -0.2) is 4.79 Å². The van der Waals surface area contributed by atoms with E-state index in [2.05, 4.69) is 10.6 Å². The minimum absolute atomic E-state index is 0.0622. The molecule has 3 amide bonds. The molecule has 2 aromatic rings. The molecule has 1 aliphatic heterocycles. The Hall–Kier alpha value is -3.62. The lowest BCUT2D eigenvalue weighted by Crippen LogP contribution is -2.43. The van der Waals surface area contributed by atoms with E-state index in [0.717, 1.165) is 5.56 Å². The number of carbonyl (C=O) groups excluding carboxylic acids is 2. The fraction of sp³-hybridized carbons (Fsp3) is 0.391. The molecule has 1 saturated heterocycles. The summed E-state index contributed by atoms with van der Waals surface area (Å²) in [5.41, 5.74) is 1.71. The fourth-order valence-electron chi connectivity index (χ4n) is 3.64. The van der Waals surface area contributed by atoms with Gasteiger partial charge in [0.05, 0.1) is 34.5 Å². The Labute approximate surface area is 187 Å². The SMILES string of the molecule is COc1ccc(CCNC(=O)NC2CC(=O)N(c3ccc(OC)c(OC)c3)C2)cc1OC. The number of amides is 3. The third-order valence-electron chi connectivity index (χ3n) is 5.29. The van der Waals surface area contributed by atoms with Gasteiger partial charge in [0.2, 0.25) is 5.91 Å². The van der Waals surface area contributed by atoms with Crippen LogP contribution in [0.15, 0.2) is 36.4 Å². The molecule has 9 nitrogen and oxygen atoms in total. The maximum absolute atomic E-state index is 12.5. The van der Waals surface area contributed by atoms with Crippen molar-refractivity contribution in [3.05, 3.63) is 42.0 Å². The molecule has 172 valence electrons. The summed E-state index contributed by atoms with van der Waals surface area (Å²) in [5, 5.41) is 5.71. The van der Waals surface area contributed by atoms with Gasteiger partial charge >= 0.3 is 6.03 Å². The van der Waals surface area contributed by atoms with Gasteiger partial charge in [0.25, 0.3) is 0 Å². The summed E-state index contributed by atoms with van der Waals surface area (Å²) in [6.45, 7) is 0.832. The lowest BCUT2D eigenvalue weighted by atomic mass is 10.1. The first-order valence-electron chi connectivity index (χ1n) is 10.3. The molecule has 2 aromatic carbocycles. The van der Waals surface area contributed by atoms with Gasteiger partial charge in [0.15, 0.2) is 23.0 Å². The fourth-order valence-corrected chi connectivity index (χ4v) is 3.64. The third-order valence-corrected chi connectivity index (χ3v) is 5.29. The first kappa shape index (κ1) is 23.1. The van der Waals surface area contributed by atoms with Gasteiger partial charge in [-0.3, -0.25) is 4.79 Å². The number of benzene rings is 2. The topological polar surface area (TPSA) is 98.4 Å². The van der Waals surface area contributed by atoms with Crippen LogP contribution >= 0.6 is 0 Å². The first-order chi connectivity index (χ1) is 15.5. The number of carbonyl (C=O) groups is 2. The Morgan fingerprint density at radius 2 is 1.56 bits per heavy atom. The maximum Gasteiger partial charge on any atom is 0.315 e. The average molecular weight is 444 g/mol. The van der Waals surface area contributed by atoms with Crippen LogP contribution in [0.25, 0.3) is 0 Å². The predicted molar refractivity (Wildman–Crippen MR) is 120 cm³/mol. The zero-order valence-electron chi connectivity index (χ0n) is 18.8. The lowest BCUT2D eigenvalue weighted by Gasteiger charge is -2.19. The summed E-state index contributed by atoms with van der Waals surface area (Å²) >= 11 is 0. The highest BCUT2D eigenvalue weighted by Crippen LogP contribution is 2.33. The molecule has 0 saturated carbocycles. The van der Waals surface area contributed by atoms with Crippen molar-refractivity contribution in [2.24, 2.45) is 0 Å². The molecule has 0 aliphatic carbocycles. The van der Waals surface area contributed by atoms with Crippen LogP contribution in [0.3, 0.4) is 0 Å². The van der Waals surface area contributed by atoms with E-state index in [1.807, 2.05) is 18.2 Å². The Morgan fingerprint density at radius 3 is 2.22 bits per heavy atom. The van der Waals surface area contributed by atoms with E-state index >= 15 is 0 Å². The second-order valence-electron chi connectivity index (χ2n) is 7.28. The molecule has 1 aliphatic rings. The van der Waals surface area contributed by atoms with Crippen LogP contribution in [0, 0.1) is 0 Å².